The van der Waals surface area contributed by atoms with Crippen LogP contribution in [-0.4, -0.2) is 17.6 Å². The molecule has 0 saturated carbocycles. The van der Waals surface area contributed by atoms with E-state index >= 15 is 0 Å². The largest absolute Gasteiger partial charge is 0.372 e. The monoisotopic (exact) mass is 300 g/mol. The van der Waals surface area contributed by atoms with Crippen LogP contribution in [0.25, 0.3) is 0 Å². The number of hydrogen-bond acceptors (Lipinski definition) is 1. The number of rotatable bonds is 5. The molecule has 0 radical (unpaired) electrons. The highest BCUT2D eigenvalue weighted by atomic mass is 35.5. The van der Waals surface area contributed by atoms with Gasteiger partial charge in [-0.05, 0) is 63.1 Å². The van der Waals surface area contributed by atoms with Crippen molar-refractivity contribution in [3.8, 4) is 0 Å². The SMILES string of the molecule is CC1(C)CCC(CC(CCl)Cc2cccc(Cl)c2)O1. The Labute approximate surface area is 126 Å². The van der Waals surface area contributed by atoms with Crippen molar-refractivity contribution in [3.05, 3.63) is 34.9 Å². The zero-order valence-electron chi connectivity index (χ0n) is 11.7. The maximum absolute atomic E-state index is 6.12. The predicted molar refractivity (Wildman–Crippen MR) is 82.2 cm³/mol. The van der Waals surface area contributed by atoms with Crippen LogP contribution in [0.2, 0.25) is 5.02 Å². The molecule has 0 spiro atoms. The Morgan fingerprint density at radius 2 is 2.21 bits per heavy atom. The molecule has 1 nitrogen and oxygen atoms in total. The van der Waals surface area contributed by atoms with Gasteiger partial charge in [0, 0.05) is 10.9 Å². The fourth-order valence-corrected chi connectivity index (χ4v) is 3.26. The molecule has 106 valence electrons. The summed E-state index contributed by atoms with van der Waals surface area (Å²) < 4.78 is 6.06. The van der Waals surface area contributed by atoms with E-state index in [1.54, 1.807) is 0 Å². The van der Waals surface area contributed by atoms with Gasteiger partial charge < -0.3 is 4.74 Å². The molecule has 3 heteroatoms. The molecule has 1 fully saturated rings. The Balaban J connectivity index is 1.90. The van der Waals surface area contributed by atoms with E-state index in [-0.39, 0.29) is 5.60 Å². The molecule has 0 aromatic heterocycles. The van der Waals surface area contributed by atoms with Crippen LogP contribution in [-0.2, 0) is 11.2 Å². The minimum Gasteiger partial charge on any atom is -0.372 e. The van der Waals surface area contributed by atoms with Crippen molar-refractivity contribution in [2.24, 2.45) is 5.92 Å². The highest BCUT2D eigenvalue weighted by Crippen LogP contribution is 2.33. The Bertz CT molecular complexity index is 417. The molecule has 2 atom stereocenters. The first-order valence-corrected chi connectivity index (χ1v) is 7.88. The summed E-state index contributed by atoms with van der Waals surface area (Å²) in [5, 5.41) is 0.795. The number of halogens is 2. The second-order valence-corrected chi connectivity index (χ2v) is 6.87. The molecule has 1 aliphatic rings. The van der Waals surface area contributed by atoms with Crippen LogP contribution >= 0.6 is 23.2 Å². The third kappa shape index (κ3) is 4.66. The lowest BCUT2D eigenvalue weighted by Crippen LogP contribution is -2.22. The Kier molecular flexibility index (Phi) is 5.16. The van der Waals surface area contributed by atoms with Gasteiger partial charge in [-0.2, -0.15) is 0 Å². The van der Waals surface area contributed by atoms with E-state index in [2.05, 4.69) is 19.9 Å². The molecule has 1 heterocycles. The second kappa shape index (κ2) is 6.47. The van der Waals surface area contributed by atoms with Gasteiger partial charge >= 0.3 is 0 Å². The molecular formula is C16H22Cl2O. The summed E-state index contributed by atoms with van der Waals surface area (Å²) >= 11 is 12.1. The maximum Gasteiger partial charge on any atom is 0.0631 e. The van der Waals surface area contributed by atoms with E-state index in [1.807, 2.05) is 18.2 Å². The highest BCUT2D eigenvalue weighted by Gasteiger charge is 2.32. The van der Waals surface area contributed by atoms with E-state index < -0.39 is 0 Å². The Morgan fingerprint density at radius 1 is 1.42 bits per heavy atom. The fraction of sp³-hybridized carbons (Fsp3) is 0.625. The van der Waals surface area contributed by atoms with E-state index in [0.29, 0.717) is 17.9 Å². The standard InChI is InChI=1S/C16H22Cl2O/c1-16(2)7-6-15(19-16)10-13(11-17)8-12-4-3-5-14(18)9-12/h3-5,9,13,15H,6-8,10-11H2,1-2H3. The topological polar surface area (TPSA) is 9.23 Å². The van der Waals surface area contributed by atoms with E-state index in [0.717, 1.165) is 30.7 Å². The molecule has 1 aromatic rings. The van der Waals surface area contributed by atoms with Gasteiger partial charge in [0.05, 0.1) is 11.7 Å². The summed E-state index contributed by atoms with van der Waals surface area (Å²) in [6, 6.07) is 8.05. The molecule has 19 heavy (non-hydrogen) atoms. The summed E-state index contributed by atoms with van der Waals surface area (Å²) in [4.78, 5) is 0. The highest BCUT2D eigenvalue weighted by molar-refractivity contribution is 6.30. The average Bonchev–Trinajstić information content (AvgIpc) is 2.68. The predicted octanol–water partition coefficient (Wildman–Crippen LogP) is 5.09. The van der Waals surface area contributed by atoms with Crippen molar-refractivity contribution in [1.82, 2.24) is 0 Å². The van der Waals surface area contributed by atoms with Gasteiger partial charge in [0.25, 0.3) is 0 Å². The van der Waals surface area contributed by atoms with Crippen LogP contribution in [0.5, 0.6) is 0 Å². The first-order chi connectivity index (χ1) is 8.98. The molecule has 1 saturated heterocycles. The lowest BCUT2D eigenvalue weighted by atomic mass is 9.94. The van der Waals surface area contributed by atoms with Crippen molar-refractivity contribution < 1.29 is 4.74 Å². The minimum absolute atomic E-state index is 0.0393. The van der Waals surface area contributed by atoms with Gasteiger partial charge in [-0.15, -0.1) is 11.6 Å². The molecule has 0 N–H and O–H groups in total. The van der Waals surface area contributed by atoms with Crippen molar-refractivity contribution in [2.45, 2.75) is 51.2 Å². The zero-order chi connectivity index (χ0) is 13.9. The quantitative estimate of drug-likeness (QED) is 0.689. The molecular weight excluding hydrogens is 279 g/mol. The van der Waals surface area contributed by atoms with Crippen LogP contribution < -0.4 is 0 Å². The molecule has 2 rings (SSSR count). The van der Waals surface area contributed by atoms with Crippen LogP contribution in [0.3, 0.4) is 0 Å². The lowest BCUT2D eigenvalue weighted by molar-refractivity contribution is -0.0234. The van der Waals surface area contributed by atoms with Crippen LogP contribution in [0.4, 0.5) is 0 Å². The molecule has 1 aromatic carbocycles. The fourth-order valence-electron chi connectivity index (χ4n) is 2.81. The van der Waals surface area contributed by atoms with E-state index in [9.17, 15) is 0 Å². The van der Waals surface area contributed by atoms with Crippen molar-refractivity contribution in [2.75, 3.05) is 5.88 Å². The van der Waals surface area contributed by atoms with Crippen molar-refractivity contribution in [1.29, 1.82) is 0 Å². The summed E-state index contributed by atoms with van der Waals surface area (Å²) in [6.07, 6.45) is 4.67. The molecule has 0 amide bonds. The molecule has 2 unspecified atom stereocenters. The van der Waals surface area contributed by atoms with Crippen molar-refractivity contribution in [3.63, 3.8) is 0 Å². The Morgan fingerprint density at radius 3 is 2.79 bits per heavy atom. The molecule has 1 aliphatic heterocycles. The zero-order valence-corrected chi connectivity index (χ0v) is 13.2. The Hall–Kier alpha value is -0.240. The van der Waals surface area contributed by atoms with Gasteiger partial charge in [-0.1, -0.05) is 23.7 Å². The summed E-state index contributed by atoms with van der Waals surface area (Å²) in [5.74, 6) is 1.13. The maximum atomic E-state index is 6.12. The molecule has 0 bridgehead atoms. The molecule has 0 aliphatic carbocycles. The van der Waals surface area contributed by atoms with Gasteiger partial charge in [0.2, 0.25) is 0 Å². The van der Waals surface area contributed by atoms with Crippen LogP contribution in [0.15, 0.2) is 24.3 Å². The second-order valence-electron chi connectivity index (χ2n) is 6.13. The van der Waals surface area contributed by atoms with Gasteiger partial charge in [-0.25, -0.2) is 0 Å². The average molecular weight is 301 g/mol. The first kappa shape index (κ1) is 15.2. The minimum atomic E-state index is 0.0393. The third-order valence-electron chi connectivity index (χ3n) is 3.78. The number of benzene rings is 1. The smallest absolute Gasteiger partial charge is 0.0631 e. The lowest BCUT2D eigenvalue weighted by Gasteiger charge is -2.22. The normalized spacial score (nSPS) is 23.5. The summed E-state index contributed by atoms with van der Waals surface area (Å²) in [6.45, 7) is 4.33. The summed E-state index contributed by atoms with van der Waals surface area (Å²) in [5.41, 5.74) is 1.30. The van der Waals surface area contributed by atoms with E-state index in [1.165, 1.54) is 5.56 Å². The van der Waals surface area contributed by atoms with Crippen molar-refractivity contribution >= 4 is 23.2 Å². The number of hydrogen-bond donors (Lipinski definition) is 0. The van der Waals surface area contributed by atoms with Gasteiger partial charge in [0.15, 0.2) is 0 Å². The number of ether oxygens (including phenoxy) is 1. The van der Waals surface area contributed by atoms with E-state index in [4.69, 9.17) is 27.9 Å². The van der Waals surface area contributed by atoms with Gasteiger partial charge in [0.1, 0.15) is 0 Å². The van der Waals surface area contributed by atoms with Gasteiger partial charge in [-0.3, -0.25) is 0 Å². The number of alkyl halides is 1. The summed E-state index contributed by atoms with van der Waals surface area (Å²) in [7, 11) is 0. The van der Waals surface area contributed by atoms with Crippen LogP contribution in [0.1, 0.15) is 38.7 Å². The first-order valence-electron chi connectivity index (χ1n) is 6.97. The third-order valence-corrected chi connectivity index (χ3v) is 4.45. The van der Waals surface area contributed by atoms with Crippen LogP contribution in [0, 0.1) is 5.92 Å².